The van der Waals surface area contributed by atoms with Crippen LogP contribution < -0.4 is 5.32 Å². The van der Waals surface area contributed by atoms with Crippen LogP contribution in [0.5, 0.6) is 0 Å². The summed E-state index contributed by atoms with van der Waals surface area (Å²) in [5.74, 6) is -0.189. The van der Waals surface area contributed by atoms with E-state index in [0.29, 0.717) is 10.0 Å². The summed E-state index contributed by atoms with van der Waals surface area (Å²) in [5, 5.41) is 4.73. The number of benzene rings is 2. The zero-order valence-electron chi connectivity index (χ0n) is 12.1. The van der Waals surface area contributed by atoms with Crippen molar-refractivity contribution in [1.82, 2.24) is 5.32 Å². The molecule has 0 heterocycles. The van der Waals surface area contributed by atoms with E-state index in [1.807, 2.05) is 25.1 Å². The number of rotatable bonds is 5. The van der Waals surface area contributed by atoms with Crippen molar-refractivity contribution in [3.63, 3.8) is 0 Å². The van der Waals surface area contributed by atoms with Crippen LogP contribution in [-0.4, -0.2) is 6.54 Å². The summed E-state index contributed by atoms with van der Waals surface area (Å²) in [4.78, 5) is 0. The fraction of sp³-hybridized carbons (Fsp3) is 0.294. The van der Waals surface area contributed by atoms with Crippen LogP contribution in [0.4, 0.5) is 4.39 Å². The average Bonchev–Trinajstić information content (AvgIpc) is 2.41. The highest BCUT2D eigenvalue weighted by Crippen LogP contribution is 2.26. The van der Waals surface area contributed by atoms with Crippen LogP contribution in [0.3, 0.4) is 0 Å². The molecule has 112 valence electrons. The molecule has 0 radical (unpaired) electrons. The summed E-state index contributed by atoms with van der Waals surface area (Å²) in [5.41, 5.74) is 3.16. The topological polar surface area (TPSA) is 12.0 Å². The number of halogens is 3. The summed E-state index contributed by atoms with van der Waals surface area (Å²) < 4.78 is 13.1. The van der Waals surface area contributed by atoms with Crippen LogP contribution in [0.25, 0.3) is 0 Å². The SMILES string of the molecule is Cc1cc(F)ccc1CCNC(C)c1ccc(Cl)cc1Cl. The summed E-state index contributed by atoms with van der Waals surface area (Å²) in [6.45, 7) is 4.79. The molecule has 0 aromatic heterocycles. The Morgan fingerprint density at radius 1 is 1.14 bits per heavy atom. The third-order valence-electron chi connectivity index (χ3n) is 3.58. The van der Waals surface area contributed by atoms with Crippen molar-refractivity contribution < 1.29 is 4.39 Å². The van der Waals surface area contributed by atoms with E-state index in [0.717, 1.165) is 29.7 Å². The van der Waals surface area contributed by atoms with Crippen molar-refractivity contribution in [3.8, 4) is 0 Å². The second-order valence-corrected chi connectivity index (χ2v) is 6.01. The maximum absolute atomic E-state index is 13.1. The minimum atomic E-state index is -0.189. The van der Waals surface area contributed by atoms with E-state index in [-0.39, 0.29) is 11.9 Å². The van der Waals surface area contributed by atoms with E-state index < -0.39 is 0 Å². The van der Waals surface area contributed by atoms with Crippen molar-refractivity contribution >= 4 is 23.2 Å². The predicted octanol–water partition coefficient (Wildman–Crippen LogP) is 5.33. The molecule has 0 spiro atoms. The van der Waals surface area contributed by atoms with Gasteiger partial charge in [-0.2, -0.15) is 0 Å². The smallest absolute Gasteiger partial charge is 0.123 e. The molecule has 0 saturated heterocycles. The predicted molar refractivity (Wildman–Crippen MR) is 87.7 cm³/mol. The number of aryl methyl sites for hydroxylation is 1. The first-order chi connectivity index (χ1) is 9.97. The minimum Gasteiger partial charge on any atom is -0.310 e. The second-order valence-electron chi connectivity index (χ2n) is 5.16. The zero-order valence-corrected chi connectivity index (χ0v) is 13.6. The fourth-order valence-corrected chi connectivity index (χ4v) is 2.90. The molecule has 1 atom stereocenters. The lowest BCUT2D eigenvalue weighted by molar-refractivity contribution is 0.575. The van der Waals surface area contributed by atoms with Gasteiger partial charge in [-0.1, -0.05) is 35.3 Å². The summed E-state index contributed by atoms with van der Waals surface area (Å²) in [7, 11) is 0. The van der Waals surface area contributed by atoms with Crippen molar-refractivity contribution in [2.24, 2.45) is 0 Å². The molecule has 0 aliphatic rings. The largest absolute Gasteiger partial charge is 0.310 e. The average molecular weight is 326 g/mol. The quantitative estimate of drug-likeness (QED) is 0.782. The Hall–Kier alpha value is -1.09. The normalized spacial score (nSPS) is 12.4. The van der Waals surface area contributed by atoms with Crippen LogP contribution in [0.2, 0.25) is 10.0 Å². The van der Waals surface area contributed by atoms with Gasteiger partial charge in [-0.05, 0) is 67.8 Å². The zero-order chi connectivity index (χ0) is 15.4. The van der Waals surface area contributed by atoms with Gasteiger partial charge < -0.3 is 5.32 Å². The van der Waals surface area contributed by atoms with E-state index >= 15 is 0 Å². The van der Waals surface area contributed by atoms with Crippen molar-refractivity contribution in [2.75, 3.05) is 6.54 Å². The molecular weight excluding hydrogens is 308 g/mol. The van der Waals surface area contributed by atoms with E-state index in [1.165, 1.54) is 6.07 Å². The standard InChI is InChI=1S/C17H18Cl2FN/c1-11-9-15(20)5-3-13(11)7-8-21-12(2)16-6-4-14(18)10-17(16)19/h3-6,9-10,12,21H,7-8H2,1-2H3. The van der Waals surface area contributed by atoms with E-state index in [4.69, 9.17) is 23.2 Å². The van der Waals surface area contributed by atoms with Gasteiger partial charge in [0.15, 0.2) is 0 Å². The van der Waals surface area contributed by atoms with Gasteiger partial charge in [-0.25, -0.2) is 4.39 Å². The fourth-order valence-electron chi connectivity index (χ4n) is 2.33. The van der Waals surface area contributed by atoms with E-state index in [1.54, 1.807) is 12.1 Å². The minimum absolute atomic E-state index is 0.135. The number of nitrogens with one attached hydrogen (secondary N) is 1. The first kappa shape index (κ1) is 16.3. The first-order valence-electron chi connectivity index (χ1n) is 6.90. The molecule has 1 nitrogen and oxygen atoms in total. The van der Waals surface area contributed by atoms with Crippen LogP contribution in [0.1, 0.15) is 29.7 Å². The molecule has 0 fully saturated rings. The highest BCUT2D eigenvalue weighted by Gasteiger charge is 2.09. The van der Waals surface area contributed by atoms with Gasteiger partial charge in [0.25, 0.3) is 0 Å². The Morgan fingerprint density at radius 2 is 1.90 bits per heavy atom. The molecule has 0 saturated carbocycles. The van der Waals surface area contributed by atoms with Crippen LogP contribution in [0, 0.1) is 12.7 Å². The Kier molecular flexibility index (Phi) is 5.63. The molecule has 0 aliphatic carbocycles. The number of hydrogen-bond donors (Lipinski definition) is 1. The van der Waals surface area contributed by atoms with Gasteiger partial charge in [0.1, 0.15) is 5.82 Å². The Morgan fingerprint density at radius 3 is 2.57 bits per heavy atom. The summed E-state index contributed by atoms with van der Waals surface area (Å²) >= 11 is 12.1. The highest BCUT2D eigenvalue weighted by atomic mass is 35.5. The molecule has 1 N–H and O–H groups in total. The summed E-state index contributed by atoms with van der Waals surface area (Å²) in [6.07, 6.45) is 0.849. The third-order valence-corrected chi connectivity index (χ3v) is 4.14. The lowest BCUT2D eigenvalue weighted by atomic mass is 10.0. The molecule has 2 aromatic rings. The highest BCUT2D eigenvalue weighted by molar-refractivity contribution is 6.35. The lowest BCUT2D eigenvalue weighted by Crippen LogP contribution is -2.21. The van der Waals surface area contributed by atoms with E-state index in [9.17, 15) is 4.39 Å². The molecular formula is C17H18Cl2FN. The van der Waals surface area contributed by atoms with Crippen LogP contribution >= 0.6 is 23.2 Å². The van der Waals surface area contributed by atoms with Gasteiger partial charge in [0, 0.05) is 16.1 Å². The molecule has 21 heavy (non-hydrogen) atoms. The molecule has 1 unspecified atom stereocenters. The molecule has 0 aliphatic heterocycles. The maximum atomic E-state index is 13.1. The Balaban J connectivity index is 1.93. The molecule has 2 rings (SSSR count). The maximum Gasteiger partial charge on any atom is 0.123 e. The van der Waals surface area contributed by atoms with E-state index in [2.05, 4.69) is 12.2 Å². The van der Waals surface area contributed by atoms with Crippen LogP contribution in [0.15, 0.2) is 36.4 Å². The van der Waals surface area contributed by atoms with Gasteiger partial charge in [-0.3, -0.25) is 0 Å². The molecule has 2 aromatic carbocycles. The van der Waals surface area contributed by atoms with Crippen molar-refractivity contribution in [3.05, 3.63) is 69.0 Å². The number of hydrogen-bond acceptors (Lipinski definition) is 1. The Labute approximate surface area is 135 Å². The summed E-state index contributed by atoms with van der Waals surface area (Å²) in [6, 6.07) is 10.6. The lowest BCUT2D eigenvalue weighted by Gasteiger charge is -2.16. The Bertz CT molecular complexity index is 628. The monoisotopic (exact) mass is 325 g/mol. The van der Waals surface area contributed by atoms with Crippen LogP contribution in [-0.2, 0) is 6.42 Å². The van der Waals surface area contributed by atoms with Crippen molar-refractivity contribution in [2.45, 2.75) is 26.3 Å². The van der Waals surface area contributed by atoms with Gasteiger partial charge in [-0.15, -0.1) is 0 Å². The van der Waals surface area contributed by atoms with Gasteiger partial charge >= 0.3 is 0 Å². The van der Waals surface area contributed by atoms with Gasteiger partial charge in [0.2, 0.25) is 0 Å². The molecule has 0 bridgehead atoms. The van der Waals surface area contributed by atoms with Gasteiger partial charge in [0.05, 0.1) is 0 Å². The second kappa shape index (κ2) is 7.26. The molecule has 0 amide bonds. The van der Waals surface area contributed by atoms with Crippen molar-refractivity contribution in [1.29, 1.82) is 0 Å². The third kappa shape index (κ3) is 4.44. The molecule has 4 heteroatoms. The first-order valence-corrected chi connectivity index (χ1v) is 7.66.